The molecule has 0 saturated heterocycles. The van der Waals surface area contributed by atoms with Gasteiger partial charge in [0.05, 0.1) is 0 Å². The van der Waals surface area contributed by atoms with E-state index in [0.29, 0.717) is 0 Å². The first-order chi connectivity index (χ1) is 1.91. The number of rotatable bonds is 0. The Labute approximate surface area is 23.1 Å². The molecule has 3 heteroatoms. The molecule has 0 heterocycles. The average Bonchev–Trinajstić information content (AvgIpc) is 1.37. The van der Waals surface area contributed by atoms with Gasteiger partial charge in [0.1, 0.15) is 0 Å². The summed E-state index contributed by atoms with van der Waals surface area (Å²) in [5.41, 5.74) is 0. The highest BCUT2D eigenvalue weighted by molar-refractivity contribution is 5.29. The van der Waals surface area contributed by atoms with Gasteiger partial charge >= 0.3 is 6.08 Å². The SMILES string of the molecule is N[N+]=C=O. The Bertz CT molecular complexity index is 44.0. The highest BCUT2D eigenvalue weighted by Gasteiger charge is 1.56. The van der Waals surface area contributed by atoms with Crippen molar-refractivity contribution in [2.45, 2.75) is 0 Å². The number of hydrogen-bond acceptors (Lipinski definition) is 3. The number of isocyanates is 1. The van der Waals surface area contributed by atoms with E-state index < -0.39 is 0 Å². The number of hydrogen-bond donors (Lipinski definition) is 1. The summed E-state index contributed by atoms with van der Waals surface area (Å²) in [6, 6.07) is 0. The van der Waals surface area contributed by atoms with E-state index in [4.69, 9.17) is 4.79 Å². The summed E-state index contributed by atoms with van der Waals surface area (Å²) in [6.07, 6.45) is 1.08. The molecule has 0 saturated carbocycles. The fourth-order valence-electron chi connectivity index (χ4n) is 0. The van der Waals surface area contributed by atoms with Crippen LogP contribution in [-0.4, -0.2) is 6.08 Å². The van der Waals surface area contributed by atoms with Crippen molar-refractivity contribution >= 4 is 6.08 Å². The van der Waals surface area contributed by atoms with Crippen LogP contribution in [0.5, 0.6) is 0 Å². The summed E-state index contributed by atoms with van der Waals surface area (Å²) >= 11 is 0. The van der Waals surface area contributed by atoms with E-state index >= 15 is 0 Å². The lowest BCUT2D eigenvalue weighted by Gasteiger charge is -1.14. The first-order valence-corrected chi connectivity index (χ1v) is 0.686. The van der Waals surface area contributed by atoms with Gasteiger partial charge in [-0.3, -0.25) is 0 Å². The topological polar surface area (TPSA) is 57.2 Å². The molecule has 0 spiro atoms. The first-order valence-electron chi connectivity index (χ1n) is 0.686. The van der Waals surface area contributed by atoms with E-state index in [1.54, 1.807) is 0 Å². The van der Waals surface area contributed by atoms with Crippen molar-refractivity contribution in [3.8, 4) is 0 Å². The fourth-order valence-corrected chi connectivity index (χ4v) is 0. The van der Waals surface area contributed by atoms with Gasteiger partial charge in [0.2, 0.25) is 0 Å². The fraction of sp³-hybridized carbons (Fsp3) is 0. The highest BCUT2D eigenvalue weighted by atomic mass is 16.1. The Morgan fingerprint density at radius 2 is 2.25 bits per heavy atom. The van der Waals surface area contributed by atoms with Crippen molar-refractivity contribution in [1.82, 2.24) is 5.10 Å². The monoisotopic (exact) mass is 58.0 g/mol. The summed E-state index contributed by atoms with van der Waals surface area (Å²) < 4.78 is 0. The molecule has 21 valence electrons. The van der Waals surface area contributed by atoms with Gasteiger partial charge in [-0.15, -0.1) is 5.84 Å². The summed E-state index contributed by atoms with van der Waals surface area (Å²) in [4.78, 5) is 8.76. The second-order valence-electron chi connectivity index (χ2n) is 0.220. The number of nitrogens with zero attached hydrogens (tertiary/aromatic N) is 1. The van der Waals surface area contributed by atoms with Crippen molar-refractivity contribution in [1.29, 1.82) is 0 Å². The van der Waals surface area contributed by atoms with Gasteiger partial charge in [0, 0.05) is 0 Å². The molecule has 0 fully saturated rings. The molecule has 0 unspecified atom stereocenters. The summed E-state index contributed by atoms with van der Waals surface area (Å²) in [7, 11) is 0. The molecule has 4 heavy (non-hydrogen) atoms. The van der Waals surface area contributed by atoms with E-state index in [2.05, 4.69) is 10.9 Å². The Morgan fingerprint density at radius 3 is 2.25 bits per heavy atom. The van der Waals surface area contributed by atoms with E-state index in [1.165, 1.54) is 0 Å². The van der Waals surface area contributed by atoms with E-state index in [9.17, 15) is 0 Å². The zero-order valence-electron chi connectivity index (χ0n) is 1.93. The van der Waals surface area contributed by atoms with Crippen LogP contribution in [0, 0.1) is 0 Å². The Morgan fingerprint density at radius 1 is 2.00 bits per heavy atom. The number of carbonyl (C=O) groups excluding carboxylic acids is 1. The third-order valence-electron chi connectivity index (χ3n) is 0.0527. The Kier molecular flexibility index (Phi) is 1.73. The van der Waals surface area contributed by atoms with Crippen molar-refractivity contribution < 1.29 is 4.79 Å². The van der Waals surface area contributed by atoms with Gasteiger partial charge in [-0.05, 0) is 0 Å². The second-order valence-corrected chi connectivity index (χ2v) is 0.220. The van der Waals surface area contributed by atoms with Crippen LogP contribution in [0.4, 0.5) is 0 Å². The van der Waals surface area contributed by atoms with Crippen molar-refractivity contribution in [3.05, 3.63) is 0 Å². The van der Waals surface area contributed by atoms with Crippen LogP contribution in [-0.2, 0) is 4.79 Å². The van der Waals surface area contributed by atoms with Crippen LogP contribution >= 0.6 is 0 Å². The minimum absolute atomic E-state index is 1.08. The van der Waals surface area contributed by atoms with Crippen LogP contribution in [0.25, 0.3) is 0 Å². The molecule has 1 radical (unpaired) electrons. The van der Waals surface area contributed by atoms with Crippen LogP contribution in [0.15, 0.2) is 0 Å². The molecule has 0 aromatic heterocycles. The highest BCUT2D eigenvalue weighted by Crippen LogP contribution is 0.858. The van der Waals surface area contributed by atoms with Crippen molar-refractivity contribution in [2.75, 3.05) is 0 Å². The van der Waals surface area contributed by atoms with Gasteiger partial charge in [0.25, 0.3) is 5.10 Å². The molecule has 0 amide bonds. The van der Waals surface area contributed by atoms with Crippen molar-refractivity contribution in [2.24, 2.45) is 5.84 Å². The maximum atomic E-state index is 8.76. The van der Waals surface area contributed by atoms with Crippen LogP contribution in [0.1, 0.15) is 0 Å². The lowest BCUT2D eigenvalue weighted by Crippen LogP contribution is -1.93. The molecule has 3 nitrogen and oxygen atoms in total. The largest absolute Gasteiger partial charge is 0.538 e. The molecule has 0 aromatic carbocycles. The van der Waals surface area contributed by atoms with Gasteiger partial charge in [0.15, 0.2) is 0 Å². The third kappa shape index (κ3) is 1.18. The number of hydrazone groups is 1. The zero-order valence-corrected chi connectivity index (χ0v) is 1.93. The van der Waals surface area contributed by atoms with E-state index in [-0.39, 0.29) is 0 Å². The molecule has 0 aliphatic rings. The number of nitrogens with two attached hydrogens (primary N) is 1. The van der Waals surface area contributed by atoms with Crippen LogP contribution in [0.2, 0.25) is 0 Å². The first kappa shape index (κ1) is 3.18. The molecule has 0 aromatic rings. The third-order valence-corrected chi connectivity index (χ3v) is 0.0527. The Hall–Kier alpha value is -0.820. The van der Waals surface area contributed by atoms with Gasteiger partial charge in [-0.1, -0.05) is 0 Å². The second kappa shape index (κ2) is 2.18. The van der Waals surface area contributed by atoms with Crippen LogP contribution < -0.4 is 10.9 Å². The lowest BCUT2D eigenvalue weighted by molar-refractivity contribution is 0.560. The maximum Gasteiger partial charge on any atom is 0.538 e. The maximum absolute atomic E-state index is 8.76. The van der Waals surface area contributed by atoms with Gasteiger partial charge < -0.3 is 0 Å². The molecule has 0 atom stereocenters. The average molecular weight is 58.0 g/mol. The Balaban J connectivity index is 3.11. The summed E-state index contributed by atoms with van der Waals surface area (Å²) in [5, 5.41) is 2.43. The van der Waals surface area contributed by atoms with Gasteiger partial charge in [-0.2, -0.15) is 4.79 Å². The molecule has 2 N–H and O–H groups in total. The zero-order chi connectivity index (χ0) is 3.41. The minimum atomic E-state index is 1.08. The quantitative estimate of drug-likeness (QED) is 0.160. The molecule has 0 aliphatic carbocycles. The predicted molar refractivity (Wildman–Crippen MR) is 12.0 cm³/mol. The van der Waals surface area contributed by atoms with Crippen LogP contribution in [0.3, 0.4) is 0 Å². The lowest BCUT2D eigenvalue weighted by atomic mass is 11.6. The van der Waals surface area contributed by atoms with E-state index in [1.807, 2.05) is 0 Å². The molecule has 0 rings (SSSR count). The molecule has 0 bridgehead atoms. The predicted octanol–water partition coefficient (Wildman–Crippen LogP) is -1.47. The summed E-state index contributed by atoms with van der Waals surface area (Å²) in [6.45, 7) is 0. The van der Waals surface area contributed by atoms with Gasteiger partial charge in [-0.25, -0.2) is 0 Å². The summed E-state index contributed by atoms with van der Waals surface area (Å²) in [5.74, 6) is 4.23. The molecule has 0 aliphatic heterocycles. The molecular weight excluding hydrogens is 56.0 g/mol. The molecular formula is CH2N2O+. The van der Waals surface area contributed by atoms with Crippen molar-refractivity contribution in [3.63, 3.8) is 0 Å². The standard InChI is InChI=1S/CH2N2O/c2-3-1-4/h2H2/q+1. The normalized spacial score (nSPS) is 4.00. The van der Waals surface area contributed by atoms with E-state index in [0.717, 1.165) is 6.08 Å². The minimum Gasteiger partial charge on any atom is -0.152 e. The smallest absolute Gasteiger partial charge is 0.152 e.